The molecule has 1 amide bonds. The second-order valence-corrected chi connectivity index (χ2v) is 6.84. The Morgan fingerprint density at radius 3 is 2.94 bits per heavy atom. The summed E-state index contributed by atoms with van der Waals surface area (Å²) in [5.74, 6) is 0.223. The van der Waals surface area contributed by atoms with Gasteiger partial charge in [-0.05, 0) is 45.1 Å². The third-order valence-electron chi connectivity index (χ3n) is 3.21. The van der Waals surface area contributed by atoms with E-state index in [1.807, 2.05) is 4.90 Å². The van der Waals surface area contributed by atoms with Crippen LogP contribution in [-0.4, -0.2) is 29.4 Å². The monoisotopic (exact) mass is 266 g/mol. The molecule has 100 valence electrons. The van der Waals surface area contributed by atoms with Crippen LogP contribution in [0.15, 0.2) is 17.5 Å². The van der Waals surface area contributed by atoms with Crippen molar-refractivity contribution in [1.29, 1.82) is 0 Å². The SMILES string of the molecule is CC(C)(C)NCC(=O)N1CCCC1c1cccs1. The third-order valence-corrected chi connectivity index (χ3v) is 4.19. The first-order valence-corrected chi connectivity index (χ1v) is 7.43. The number of amides is 1. The van der Waals surface area contributed by atoms with E-state index < -0.39 is 0 Å². The molecule has 0 radical (unpaired) electrons. The number of hydrogen-bond donors (Lipinski definition) is 1. The van der Waals surface area contributed by atoms with E-state index >= 15 is 0 Å². The van der Waals surface area contributed by atoms with Crippen LogP contribution < -0.4 is 5.32 Å². The van der Waals surface area contributed by atoms with Gasteiger partial charge in [-0.15, -0.1) is 11.3 Å². The third kappa shape index (κ3) is 3.33. The quantitative estimate of drug-likeness (QED) is 0.912. The number of rotatable bonds is 3. The van der Waals surface area contributed by atoms with E-state index in [9.17, 15) is 4.79 Å². The summed E-state index contributed by atoms with van der Waals surface area (Å²) in [5.41, 5.74) is -0.00614. The van der Waals surface area contributed by atoms with Crippen molar-refractivity contribution in [1.82, 2.24) is 10.2 Å². The molecule has 1 unspecified atom stereocenters. The highest BCUT2D eigenvalue weighted by atomic mass is 32.1. The zero-order valence-corrected chi connectivity index (χ0v) is 12.2. The highest BCUT2D eigenvalue weighted by molar-refractivity contribution is 7.10. The van der Waals surface area contributed by atoms with Crippen molar-refractivity contribution in [2.75, 3.05) is 13.1 Å². The molecule has 1 saturated heterocycles. The van der Waals surface area contributed by atoms with Crippen LogP contribution in [0.1, 0.15) is 44.5 Å². The lowest BCUT2D eigenvalue weighted by atomic mass is 10.1. The molecule has 1 atom stereocenters. The van der Waals surface area contributed by atoms with Crippen LogP contribution in [0.2, 0.25) is 0 Å². The molecule has 1 aliphatic heterocycles. The zero-order chi connectivity index (χ0) is 13.2. The van der Waals surface area contributed by atoms with Crippen LogP contribution in [0, 0.1) is 0 Å². The zero-order valence-electron chi connectivity index (χ0n) is 11.4. The van der Waals surface area contributed by atoms with Gasteiger partial charge >= 0.3 is 0 Å². The normalized spacial score (nSPS) is 20.4. The minimum Gasteiger partial charge on any atom is -0.334 e. The Balaban J connectivity index is 1.97. The Labute approximate surface area is 113 Å². The average molecular weight is 266 g/mol. The predicted octanol–water partition coefficient (Wildman–Crippen LogP) is 2.80. The molecule has 1 aromatic rings. The summed E-state index contributed by atoms with van der Waals surface area (Å²) in [6, 6.07) is 4.51. The first-order chi connectivity index (χ1) is 8.47. The van der Waals surface area contributed by atoms with Crippen molar-refractivity contribution >= 4 is 17.2 Å². The van der Waals surface area contributed by atoms with Crippen LogP contribution in [0.5, 0.6) is 0 Å². The summed E-state index contributed by atoms with van der Waals surface area (Å²) < 4.78 is 0. The lowest BCUT2D eigenvalue weighted by Crippen LogP contribution is -2.44. The van der Waals surface area contributed by atoms with Crippen molar-refractivity contribution in [3.63, 3.8) is 0 Å². The molecule has 1 aromatic heterocycles. The fourth-order valence-electron chi connectivity index (χ4n) is 2.28. The van der Waals surface area contributed by atoms with Crippen molar-refractivity contribution in [3.8, 4) is 0 Å². The smallest absolute Gasteiger partial charge is 0.237 e. The number of carbonyl (C=O) groups is 1. The van der Waals surface area contributed by atoms with Crippen LogP contribution in [0.25, 0.3) is 0 Å². The van der Waals surface area contributed by atoms with E-state index in [1.165, 1.54) is 4.88 Å². The average Bonchev–Trinajstić information content (AvgIpc) is 2.94. The molecule has 1 fully saturated rings. The molecular weight excluding hydrogens is 244 g/mol. The molecule has 2 heterocycles. The Morgan fingerprint density at radius 2 is 2.33 bits per heavy atom. The Kier molecular flexibility index (Phi) is 4.07. The number of nitrogens with zero attached hydrogens (tertiary/aromatic N) is 1. The van der Waals surface area contributed by atoms with Gasteiger partial charge in [0, 0.05) is 17.0 Å². The molecule has 2 rings (SSSR count). The number of nitrogens with one attached hydrogen (secondary N) is 1. The van der Waals surface area contributed by atoms with Crippen LogP contribution in [0.3, 0.4) is 0 Å². The van der Waals surface area contributed by atoms with Gasteiger partial charge in [0.05, 0.1) is 12.6 Å². The minimum absolute atomic E-state index is 0.00614. The summed E-state index contributed by atoms with van der Waals surface area (Å²) in [4.78, 5) is 15.6. The first kappa shape index (κ1) is 13.6. The molecule has 3 nitrogen and oxygen atoms in total. The fourth-order valence-corrected chi connectivity index (χ4v) is 3.16. The van der Waals surface area contributed by atoms with Gasteiger partial charge in [-0.3, -0.25) is 4.79 Å². The summed E-state index contributed by atoms with van der Waals surface area (Å²) in [6.45, 7) is 7.58. The molecule has 4 heteroatoms. The number of likely N-dealkylation sites (tertiary alicyclic amines) is 1. The maximum atomic E-state index is 12.3. The summed E-state index contributed by atoms with van der Waals surface area (Å²) >= 11 is 1.75. The van der Waals surface area contributed by atoms with Crippen molar-refractivity contribution in [3.05, 3.63) is 22.4 Å². The molecule has 0 aliphatic carbocycles. The Morgan fingerprint density at radius 1 is 1.56 bits per heavy atom. The predicted molar refractivity (Wildman–Crippen MR) is 75.8 cm³/mol. The van der Waals surface area contributed by atoms with Gasteiger partial charge in [0.1, 0.15) is 0 Å². The molecule has 0 aromatic carbocycles. The maximum absolute atomic E-state index is 12.3. The van der Waals surface area contributed by atoms with Gasteiger partial charge in [0.15, 0.2) is 0 Å². The van der Waals surface area contributed by atoms with E-state index in [2.05, 4.69) is 43.6 Å². The fraction of sp³-hybridized carbons (Fsp3) is 0.643. The lowest BCUT2D eigenvalue weighted by molar-refractivity contribution is -0.131. The molecule has 0 spiro atoms. The van der Waals surface area contributed by atoms with Gasteiger partial charge in [0.25, 0.3) is 0 Å². The number of thiophene rings is 1. The van der Waals surface area contributed by atoms with Crippen molar-refractivity contribution < 1.29 is 4.79 Å². The summed E-state index contributed by atoms with van der Waals surface area (Å²) in [7, 11) is 0. The molecule has 0 saturated carbocycles. The topological polar surface area (TPSA) is 32.3 Å². The van der Waals surface area contributed by atoms with Gasteiger partial charge in [-0.2, -0.15) is 0 Å². The molecule has 1 aliphatic rings. The standard InChI is InChI=1S/C14H22N2OS/c1-14(2,3)15-10-13(17)16-8-4-6-11(16)12-7-5-9-18-12/h5,7,9,11,15H,4,6,8,10H2,1-3H3. The number of hydrogen-bond acceptors (Lipinski definition) is 3. The van der Waals surface area contributed by atoms with Crippen molar-refractivity contribution in [2.24, 2.45) is 0 Å². The van der Waals surface area contributed by atoms with E-state index in [4.69, 9.17) is 0 Å². The van der Waals surface area contributed by atoms with E-state index in [-0.39, 0.29) is 11.4 Å². The Bertz CT molecular complexity index is 394. The summed E-state index contributed by atoms with van der Waals surface area (Å²) in [6.07, 6.45) is 2.21. The second kappa shape index (κ2) is 5.41. The van der Waals surface area contributed by atoms with Gasteiger partial charge < -0.3 is 10.2 Å². The minimum atomic E-state index is -0.00614. The first-order valence-electron chi connectivity index (χ1n) is 6.55. The molecule has 0 bridgehead atoms. The van der Waals surface area contributed by atoms with Gasteiger partial charge in [-0.25, -0.2) is 0 Å². The van der Waals surface area contributed by atoms with Crippen LogP contribution >= 0.6 is 11.3 Å². The molecule has 1 N–H and O–H groups in total. The second-order valence-electron chi connectivity index (χ2n) is 5.86. The van der Waals surface area contributed by atoms with E-state index in [1.54, 1.807) is 11.3 Å². The van der Waals surface area contributed by atoms with E-state index in [0.717, 1.165) is 19.4 Å². The Hall–Kier alpha value is -0.870. The van der Waals surface area contributed by atoms with Crippen molar-refractivity contribution in [2.45, 2.75) is 45.2 Å². The highest BCUT2D eigenvalue weighted by Crippen LogP contribution is 2.34. The summed E-state index contributed by atoms with van der Waals surface area (Å²) in [5, 5.41) is 5.36. The lowest BCUT2D eigenvalue weighted by Gasteiger charge is -2.27. The highest BCUT2D eigenvalue weighted by Gasteiger charge is 2.30. The maximum Gasteiger partial charge on any atom is 0.237 e. The molecule has 18 heavy (non-hydrogen) atoms. The van der Waals surface area contributed by atoms with Gasteiger partial charge in [-0.1, -0.05) is 6.07 Å². The molecular formula is C14H22N2OS. The van der Waals surface area contributed by atoms with Gasteiger partial charge in [0.2, 0.25) is 5.91 Å². The number of carbonyl (C=O) groups excluding carboxylic acids is 1. The van der Waals surface area contributed by atoms with Crippen LogP contribution in [0.4, 0.5) is 0 Å². The largest absolute Gasteiger partial charge is 0.334 e. The van der Waals surface area contributed by atoms with E-state index in [0.29, 0.717) is 12.6 Å². The van der Waals surface area contributed by atoms with Crippen LogP contribution in [-0.2, 0) is 4.79 Å².